The van der Waals surface area contributed by atoms with Crippen LogP contribution in [-0.4, -0.2) is 23.2 Å². The van der Waals surface area contributed by atoms with Gasteiger partial charge in [-0.05, 0) is 49.9 Å². The molecule has 0 aliphatic heterocycles. The molecule has 0 unspecified atom stereocenters. The van der Waals surface area contributed by atoms with Gasteiger partial charge in [0.25, 0.3) is 0 Å². The summed E-state index contributed by atoms with van der Waals surface area (Å²) in [7, 11) is 0. The van der Waals surface area contributed by atoms with E-state index in [2.05, 4.69) is 23.5 Å². The van der Waals surface area contributed by atoms with Crippen molar-refractivity contribution in [2.45, 2.75) is 90.4 Å². The van der Waals surface area contributed by atoms with E-state index in [9.17, 15) is 0 Å². The van der Waals surface area contributed by atoms with Gasteiger partial charge in [0.05, 0.1) is 25.6 Å². The van der Waals surface area contributed by atoms with Crippen LogP contribution in [0.1, 0.15) is 90.4 Å². The fraction of sp³-hybridized carbons (Fsp3) is 0.571. The number of hydrogen-bond acceptors (Lipinski definition) is 4. The third-order valence-corrected chi connectivity index (χ3v) is 5.58. The number of rotatable bonds is 19. The lowest BCUT2D eigenvalue weighted by molar-refractivity contribution is 0.302. The summed E-state index contributed by atoms with van der Waals surface area (Å²) in [5.41, 5.74) is 0.983. The molecule has 0 saturated heterocycles. The summed E-state index contributed by atoms with van der Waals surface area (Å²) >= 11 is 0. The minimum Gasteiger partial charge on any atom is -0.494 e. The van der Waals surface area contributed by atoms with Gasteiger partial charge >= 0.3 is 0 Å². The highest BCUT2D eigenvalue weighted by Crippen LogP contribution is 2.21. The summed E-state index contributed by atoms with van der Waals surface area (Å²) < 4.78 is 11.6. The molecule has 0 aliphatic rings. The van der Waals surface area contributed by atoms with Crippen molar-refractivity contribution in [1.29, 1.82) is 0 Å². The number of hydrogen-bond donors (Lipinski definition) is 0. The van der Waals surface area contributed by atoms with Crippen molar-refractivity contribution in [2.75, 3.05) is 13.2 Å². The zero-order valence-corrected chi connectivity index (χ0v) is 20.1. The molecule has 4 heteroatoms. The number of allylic oxidation sites excluding steroid dienone is 1. The van der Waals surface area contributed by atoms with E-state index >= 15 is 0 Å². The van der Waals surface area contributed by atoms with Gasteiger partial charge in [-0.25, -0.2) is 9.97 Å². The van der Waals surface area contributed by atoms with Gasteiger partial charge in [-0.1, -0.05) is 70.8 Å². The van der Waals surface area contributed by atoms with Crippen LogP contribution in [0.3, 0.4) is 0 Å². The number of benzene rings is 1. The zero-order valence-electron chi connectivity index (χ0n) is 20.1. The molecule has 0 amide bonds. The first-order chi connectivity index (χ1) is 15.8. The Morgan fingerprint density at radius 1 is 0.688 bits per heavy atom. The number of aromatic nitrogens is 2. The van der Waals surface area contributed by atoms with Crippen LogP contribution in [0.4, 0.5) is 0 Å². The first kappa shape index (κ1) is 25.9. The van der Waals surface area contributed by atoms with Crippen molar-refractivity contribution in [2.24, 2.45) is 0 Å². The van der Waals surface area contributed by atoms with Crippen molar-refractivity contribution in [3.05, 3.63) is 49.3 Å². The molecule has 1 aromatic heterocycles. The lowest BCUT2D eigenvalue weighted by Gasteiger charge is -2.08. The van der Waals surface area contributed by atoms with E-state index in [0.717, 1.165) is 49.5 Å². The molecule has 1 aromatic carbocycles. The number of nitrogens with zero attached hydrogens (tertiary/aromatic N) is 2. The molecule has 0 atom stereocenters. The second-order valence-corrected chi connectivity index (χ2v) is 8.43. The molecule has 2 rings (SSSR count). The molecule has 0 aliphatic carbocycles. The second-order valence-electron chi connectivity index (χ2n) is 8.43. The summed E-state index contributed by atoms with van der Waals surface area (Å²) in [5, 5.41) is 0. The van der Waals surface area contributed by atoms with Gasteiger partial charge in [-0.15, -0.1) is 6.58 Å². The number of unbranched alkanes of at least 4 members (excludes halogenated alkanes) is 11. The first-order valence-electron chi connectivity index (χ1n) is 12.6. The van der Waals surface area contributed by atoms with E-state index in [4.69, 9.17) is 9.47 Å². The lowest BCUT2D eigenvalue weighted by atomic mass is 10.1. The Labute approximate surface area is 195 Å². The van der Waals surface area contributed by atoms with Crippen molar-refractivity contribution in [1.82, 2.24) is 9.97 Å². The van der Waals surface area contributed by atoms with Crippen LogP contribution in [0.2, 0.25) is 0 Å². The smallest absolute Gasteiger partial charge is 0.159 e. The van der Waals surface area contributed by atoms with Crippen LogP contribution in [0.25, 0.3) is 11.4 Å². The third-order valence-electron chi connectivity index (χ3n) is 5.58. The van der Waals surface area contributed by atoms with Gasteiger partial charge < -0.3 is 9.47 Å². The predicted octanol–water partition coefficient (Wildman–Crippen LogP) is 8.18. The molecule has 0 bridgehead atoms. The van der Waals surface area contributed by atoms with Gasteiger partial charge in [0.1, 0.15) is 5.75 Å². The normalized spacial score (nSPS) is 10.8. The molecular weight excluding hydrogens is 396 g/mol. The van der Waals surface area contributed by atoms with E-state index in [1.807, 2.05) is 30.3 Å². The van der Waals surface area contributed by atoms with Crippen molar-refractivity contribution >= 4 is 0 Å². The molecule has 0 spiro atoms. The maximum atomic E-state index is 5.84. The molecule has 1 heterocycles. The fourth-order valence-corrected chi connectivity index (χ4v) is 3.60. The largest absolute Gasteiger partial charge is 0.494 e. The van der Waals surface area contributed by atoms with Crippen molar-refractivity contribution in [3.63, 3.8) is 0 Å². The Balaban J connectivity index is 1.61. The van der Waals surface area contributed by atoms with Gasteiger partial charge in [0.2, 0.25) is 0 Å². The minimum atomic E-state index is 0.707. The first-order valence-corrected chi connectivity index (χ1v) is 12.6. The summed E-state index contributed by atoms with van der Waals surface area (Å²) in [6, 6.07) is 8.00. The molecule has 32 heavy (non-hydrogen) atoms. The topological polar surface area (TPSA) is 44.2 Å². The average molecular weight is 439 g/mol. The molecule has 2 aromatic rings. The standard InChI is InChI=1S/C28H42N2O2/c1-3-5-7-9-11-12-14-16-22-32-27-23-29-28(30-24-27)25-17-19-26(20-18-25)31-21-15-13-10-8-6-4-2/h4,17-20,23-24H,2-3,5-16,21-22H2,1H3. The summed E-state index contributed by atoms with van der Waals surface area (Å²) in [5.74, 6) is 2.34. The van der Waals surface area contributed by atoms with E-state index in [1.165, 1.54) is 64.2 Å². The van der Waals surface area contributed by atoms with E-state index in [0.29, 0.717) is 5.82 Å². The van der Waals surface area contributed by atoms with Gasteiger partial charge in [0.15, 0.2) is 11.6 Å². The molecule has 0 radical (unpaired) electrons. The number of ether oxygens (including phenoxy) is 2. The van der Waals surface area contributed by atoms with Crippen LogP contribution in [-0.2, 0) is 0 Å². The van der Waals surface area contributed by atoms with Crippen molar-refractivity contribution in [3.8, 4) is 22.9 Å². The maximum Gasteiger partial charge on any atom is 0.159 e. The zero-order chi connectivity index (χ0) is 22.7. The van der Waals surface area contributed by atoms with E-state index in [-0.39, 0.29) is 0 Å². The van der Waals surface area contributed by atoms with Crippen LogP contribution in [0, 0.1) is 0 Å². The van der Waals surface area contributed by atoms with Crippen molar-refractivity contribution < 1.29 is 9.47 Å². The minimum absolute atomic E-state index is 0.707. The fourth-order valence-electron chi connectivity index (χ4n) is 3.60. The van der Waals surface area contributed by atoms with Crippen LogP contribution in [0.15, 0.2) is 49.3 Å². The summed E-state index contributed by atoms with van der Waals surface area (Å²) in [6.07, 6.45) is 21.8. The third kappa shape index (κ3) is 11.3. The van der Waals surface area contributed by atoms with Gasteiger partial charge in [0, 0.05) is 5.56 Å². The monoisotopic (exact) mass is 438 g/mol. The highest BCUT2D eigenvalue weighted by Gasteiger charge is 2.03. The Morgan fingerprint density at radius 3 is 1.81 bits per heavy atom. The summed E-state index contributed by atoms with van der Waals surface area (Å²) in [6.45, 7) is 7.51. The van der Waals surface area contributed by atoms with E-state index < -0.39 is 0 Å². The quantitative estimate of drug-likeness (QED) is 0.164. The van der Waals surface area contributed by atoms with Gasteiger partial charge in [-0.3, -0.25) is 0 Å². The molecule has 4 nitrogen and oxygen atoms in total. The van der Waals surface area contributed by atoms with E-state index in [1.54, 1.807) is 12.4 Å². The predicted molar refractivity (Wildman–Crippen MR) is 134 cm³/mol. The highest BCUT2D eigenvalue weighted by molar-refractivity contribution is 5.56. The highest BCUT2D eigenvalue weighted by atomic mass is 16.5. The Hall–Kier alpha value is -2.36. The van der Waals surface area contributed by atoms with Crippen LogP contribution < -0.4 is 9.47 Å². The lowest BCUT2D eigenvalue weighted by Crippen LogP contribution is -1.99. The van der Waals surface area contributed by atoms with Gasteiger partial charge in [-0.2, -0.15) is 0 Å². The second kappa shape index (κ2) is 17.2. The summed E-state index contributed by atoms with van der Waals surface area (Å²) in [4.78, 5) is 8.92. The van der Waals surface area contributed by atoms with Crippen LogP contribution in [0.5, 0.6) is 11.5 Å². The van der Waals surface area contributed by atoms with Crippen LogP contribution >= 0.6 is 0 Å². The molecule has 0 fully saturated rings. The Kier molecular flexibility index (Phi) is 13.9. The molecule has 176 valence electrons. The molecule has 0 saturated carbocycles. The Morgan fingerprint density at radius 2 is 1.22 bits per heavy atom. The Bertz CT molecular complexity index is 713. The maximum absolute atomic E-state index is 5.84. The SMILES string of the molecule is C=CCCCCCCOc1ccc(-c2ncc(OCCCCCCCCCC)cn2)cc1. The average Bonchev–Trinajstić information content (AvgIpc) is 2.83. The molecular formula is C28H42N2O2. The molecule has 0 N–H and O–H groups in total.